The van der Waals surface area contributed by atoms with Gasteiger partial charge < -0.3 is 10.6 Å². The molecule has 0 saturated carbocycles. The van der Waals surface area contributed by atoms with E-state index >= 15 is 0 Å². The molecule has 0 spiro atoms. The molecule has 3 unspecified atom stereocenters. The summed E-state index contributed by atoms with van der Waals surface area (Å²) in [5.41, 5.74) is 1.49. The van der Waals surface area contributed by atoms with Gasteiger partial charge in [0.25, 0.3) is 5.91 Å². The van der Waals surface area contributed by atoms with Gasteiger partial charge in [-0.05, 0) is 32.8 Å². The molecule has 0 radical (unpaired) electrons. The lowest BCUT2D eigenvalue weighted by Gasteiger charge is -2.34. The zero-order valence-corrected chi connectivity index (χ0v) is 12.8. The Balaban J connectivity index is 1.81. The van der Waals surface area contributed by atoms with E-state index in [1.807, 2.05) is 31.3 Å². The van der Waals surface area contributed by atoms with E-state index < -0.39 is 0 Å². The van der Waals surface area contributed by atoms with Gasteiger partial charge in [-0.1, -0.05) is 18.2 Å². The lowest BCUT2D eigenvalue weighted by atomic mass is 9.95. The second-order valence-electron chi connectivity index (χ2n) is 6.00. The highest BCUT2D eigenvalue weighted by molar-refractivity contribution is 6.04. The third kappa shape index (κ3) is 2.65. The van der Waals surface area contributed by atoms with Crippen LogP contribution in [-0.2, 0) is 7.05 Å². The standard InChI is InChI=1S/C16H22N4O/c1-10-8-9-13(11(2)17-10)18-16(21)15-12-6-4-5-7-14(12)20(3)19-15/h4-7,10-11,13,17H,8-9H2,1-3H3,(H,18,21). The quantitative estimate of drug-likeness (QED) is 0.885. The number of hydrogen-bond acceptors (Lipinski definition) is 3. The fourth-order valence-corrected chi connectivity index (χ4v) is 3.14. The van der Waals surface area contributed by atoms with Gasteiger partial charge in [-0.15, -0.1) is 0 Å². The fourth-order valence-electron chi connectivity index (χ4n) is 3.14. The number of carbonyl (C=O) groups excluding carboxylic acids is 1. The lowest BCUT2D eigenvalue weighted by Crippen LogP contribution is -2.54. The minimum atomic E-state index is -0.0833. The number of rotatable bonds is 2. The normalized spacial score (nSPS) is 26.0. The maximum Gasteiger partial charge on any atom is 0.272 e. The number of hydrogen-bond donors (Lipinski definition) is 2. The van der Waals surface area contributed by atoms with E-state index in [1.165, 1.54) is 0 Å². The van der Waals surface area contributed by atoms with Crippen molar-refractivity contribution in [3.05, 3.63) is 30.0 Å². The predicted octanol–water partition coefficient (Wildman–Crippen LogP) is 1.83. The van der Waals surface area contributed by atoms with Crippen LogP contribution in [0.5, 0.6) is 0 Å². The summed E-state index contributed by atoms with van der Waals surface area (Å²) in [5, 5.41) is 11.9. The minimum absolute atomic E-state index is 0.0833. The average Bonchev–Trinajstić information content (AvgIpc) is 2.80. The van der Waals surface area contributed by atoms with Crippen LogP contribution in [0.25, 0.3) is 10.9 Å². The van der Waals surface area contributed by atoms with E-state index in [0.717, 1.165) is 23.7 Å². The molecule has 21 heavy (non-hydrogen) atoms. The highest BCUT2D eigenvalue weighted by atomic mass is 16.2. The predicted molar refractivity (Wildman–Crippen MR) is 83.3 cm³/mol. The summed E-state index contributed by atoms with van der Waals surface area (Å²) in [7, 11) is 1.87. The Morgan fingerprint density at radius 3 is 2.86 bits per heavy atom. The van der Waals surface area contributed by atoms with Crippen LogP contribution in [0, 0.1) is 0 Å². The first-order valence-corrected chi connectivity index (χ1v) is 7.55. The number of para-hydroxylation sites is 1. The van der Waals surface area contributed by atoms with Crippen LogP contribution in [0.3, 0.4) is 0 Å². The zero-order valence-electron chi connectivity index (χ0n) is 12.8. The summed E-state index contributed by atoms with van der Waals surface area (Å²) in [6, 6.07) is 8.78. The van der Waals surface area contributed by atoms with Crippen molar-refractivity contribution in [1.29, 1.82) is 0 Å². The van der Waals surface area contributed by atoms with E-state index in [1.54, 1.807) is 4.68 Å². The first-order valence-electron chi connectivity index (χ1n) is 7.55. The Bertz CT molecular complexity index is 663. The van der Waals surface area contributed by atoms with Gasteiger partial charge in [0.05, 0.1) is 5.52 Å². The van der Waals surface area contributed by atoms with Crippen LogP contribution < -0.4 is 10.6 Å². The maximum atomic E-state index is 12.6. The molecule has 5 nitrogen and oxygen atoms in total. The van der Waals surface area contributed by atoms with E-state index in [9.17, 15) is 4.79 Å². The SMILES string of the molecule is CC1CCC(NC(=O)c2nn(C)c3ccccc23)C(C)N1. The lowest BCUT2D eigenvalue weighted by molar-refractivity contribution is 0.0910. The van der Waals surface area contributed by atoms with E-state index in [2.05, 4.69) is 29.6 Å². The molecule has 1 amide bonds. The molecule has 1 fully saturated rings. The van der Waals surface area contributed by atoms with Crippen molar-refractivity contribution in [3.8, 4) is 0 Å². The van der Waals surface area contributed by atoms with Gasteiger partial charge in [0, 0.05) is 30.6 Å². The van der Waals surface area contributed by atoms with Crippen LogP contribution in [0.15, 0.2) is 24.3 Å². The monoisotopic (exact) mass is 286 g/mol. The molecule has 1 aromatic heterocycles. The van der Waals surface area contributed by atoms with Gasteiger partial charge in [-0.2, -0.15) is 5.10 Å². The Hall–Kier alpha value is -1.88. The largest absolute Gasteiger partial charge is 0.346 e. The molecule has 0 aliphatic carbocycles. The smallest absolute Gasteiger partial charge is 0.272 e. The van der Waals surface area contributed by atoms with Gasteiger partial charge in [-0.25, -0.2) is 0 Å². The van der Waals surface area contributed by atoms with Gasteiger partial charge in [-0.3, -0.25) is 9.48 Å². The van der Waals surface area contributed by atoms with E-state index in [4.69, 9.17) is 0 Å². The molecular formula is C16H22N4O. The second-order valence-corrected chi connectivity index (χ2v) is 6.00. The molecule has 2 heterocycles. The highest BCUT2D eigenvalue weighted by Gasteiger charge is 2.27. The van der Waals surface area contributed by atoms with Crippen LogP contribution in [0.2, 0.25) is 0 Å². The molecule has 1 aromatic carbocycles. The van der Waals surface area contributed by atoms with Crippen molar-refractivity contribution in [2.24, 2.45) is 7.05 Å². The van der Waals surface area contributed by atoms with Crippen molar-refractivity contribution in [1.82, 2.24) is 20.4 Å². The number of aryl methyl sites for hydroxylation is 1. The molecule has 1 aliphatic rings. The van der Waals surface area contributed by atoms with Gasteiger partial charge in [0.15, 0.2) is 5.69 Å². The van der Waals surface area contributed by atoms with Crippen LogP contribution in [-0.4, -0.2) is 33.8 Å². The first-order chi connectivity index (χ1) is 10.1. The van der Waals surface area contributed by atoms with Crippen molar-refractivity contribution < 1.29 is 4.79 Å². The third-order valence-corrected chi connectivity index (χ3v) is 4.35. The topological polar surface area (TPSA) is 59.0 Å². The molecular weight excluding hydrogens is 264 g/mol. The number of fused-ring (bicyclic) bond motifs is 1. The molecule has 3 rings (SSSR count). The van der Waals surface area contributed by atoms with Crippen molar-refractivity contribution in [2.75, 3.05) is 0 Å². The first kappa shape index (κ1) is 14.1. The number of carbonyl (C=O) groups is 1. The molecule has 1 saturated heterocycles. The Labute approximate surface area is 124 Å². The van der Waals surface area contributed by atoms with Gasteiger partial charge in [0.2, 0.25) is 0 Å². The maximum absolute atomic E-state index is 12.6. The molecule has 2 N–H and O–H groups in total. The Morgan fingerprint density at radius 1 is 1.33 bits per heavy atom. The third-order valence-electron chi connectivity index (χ3n) is 4.35. The molecule has 2 aromatic rings. The number of piperidine rings is 1. The van der Waals surface area contributed by atoms with Crippen LogP contribution in [0.1, 0.15) is 37.2 Å². The summed E-state index contributed by atoms with van der Waals surface area (Å²) < 4.78 is 1.76. The fraction of sp³-hybridized carbons (Fsp3) is 0.500. The zero-order chi connectivity index (χ0) is 15.0. The molecule has 112 valence electrons. The van der Waals surface area contributed by atoms with Gasteiger partial charge in [0.1, 0.15) is 0 Å². The summed E-state index contributed by atoms with van der Waals surface area (Å²) in [4.78, 5) is 12.6. The number of amides is 1. The number of nitrogens with zero attached hydrogens (tertiary/aromatic N) is 2. The van der Waals surface area contributed by atoms with Gasteiger partial charge >= 0.3 is 0 Å². The summed E-state index contributed by atoms with van der Waals surface area (Å²) >= 11 is 0. The van der Waals surface area contributed by atoms with Crippen molar-refractivity contribution in [2.45, 2.75) is 44.8 Å². The van der Waals surface area contributed by atoms with Crippen molar-refractivity contribution in [3.63, 3.8) is 0 Å². The summed E-state index contributed by atoms with van der Waals surface area (Å²) in [6.45, 7) is 4.30. The summed E-state index contributed by atoms with van der Waals surface area (Å²) in [6.07, 6.45) is 2.09. The molecule has 5 heteroatoms. The van der Waals surface area contributed by atoms with E-state index in [0.29, 0.717) is 11.7 Å². The Kier molecular flexibility index (Phi) is 3.68. The highest BCUT2D eigenvalue weighted by Crippen LogP contribution is 2.19. The van der Waals surface area contributed by atoms with Crippen LogP contribution >= 0.6 is 0 Å². The molecule has 1 aliphatic heterocycles. The number of nitrogens with one attached hydrogen (secondary N) is 2. The van der Waals surface area contributed by atoms with E-state index in [-0.39, 0.29) is 18.0 Å². The minimum Gasteiger partial charge on any atom is -0.346 e. The second kappa shape index (κ2) is 5.48. The Morgan fingerprint density at radius 2 is 2.10 bits per heavy atom. The summed E-state index contributed by atoms with van der Waals surface area (Å²) in [5.74, 6) is -0.0833. The number of benzene rings is 1. The number of aromatic nitrogens is 2. The average molecular weight is 286 g/mol. The van der Waals surface area contributed by atoms with Crippen molar-refractivity contribution >= 4 is 16.8 Å². The molecule has 3 atom stereocenters. The molecule has 0 bridgehead atoms. The van der Waals surface area contributed by atoms with Crippen LogP contribution in [0.4, 0.5) is 0 Å².